The van der Waals surface area contributed by atoms with Crippen LogP contribution in [0.1, 0.15) is 11.4 Å². The van der Waals surface area contributed by atoms with Gasteiger partial charge < -0.3 is 4.74 Å². The first-order valence-corrected chi connectivity index (χ1v) is 7.76. The van der Waals surface area contributed by atoms with Crippen molar-refractivity contribution in [3.63, 3.8) is 0 Å². The van der Waals surface area contributed by atoms with Crippen LogP contribution in [0.2, 0.25) is 5.02 Å². The predicted molar refractivity (Wildman–Crippen MR) is 92.6 cm³/mol. The van der Waals surface area contributed by atoms with Crippen LogP contribution in [0, 0.1) is 10.6 Å². The number of H-pyrrole nitrogens is 1. The Morgan fingerprint density at radius 3 is 2.79 bits per heavy atom. The van der Waals surface area contributed by atoms with E-state index in [4.69, 9.17) is 28.6 Å². The van der Waals surface area contributed by atoms with Gasteiger partial charge in [0.25, 0.3) is 0 Å². The molecule has 122 valence electrons. The highest BCUT2D eigenvalue weighted by Crippen LogP contribution is 2.17. The van der Waals surface area contributed by atoms with E-state index in [-0.39, 0.29) is 22.0 Å². The molecule has 1 N–H and O–H groups in total. The number of hydrogen-bond acceptors (Lipinski definition) is 4. The molecule has 0 saturated heterocycles. The lowest BCUT2D eigenvalue weighted by atomic mass is 10.2. The summed E-state index contributed by atoms with van der Waals surface area (Å²) >= 11 is 11.1. The summed E-state index contributed by atoms with van der Waals surface area (Å²) in [5.74, 6) is 0.676. The van der Waals surface area contributed by atoms with Gasteiger partial charge >= 0.3 is 0 Å². The number of halogens is 2. The monoisotopic (exact) mass is 362 g/mol. The zero-order valence-electron chi connectivity index (χ0n) is 12.3. The second kappa shape index (κ2) is 7.37. The minimum atomic E-state index is -0.469. The van der Waals surface area contributed by atoms with E-state index in [1.165, 1.54) is 23.0 Å². The van der Waals surface area contributed by atoms with Crippen LogP contribution >= 0.6 is 23.8 Å². The highest BCUT2D eigenvalue weighted by atomic mass is 35.5. The molecule has 8 heteroatoms. The lowest BCUT2D eigenvalue weighted by Crippen LogP contribution is -2.04. The van der Waals surface area contributed by atoms with Crippen molar-refractivity contribution < 1.29 is 9.13 Å². The summed E-state index contributed by atoms with van der Waals surface area (Å²) in [6.07, 6.45) is 1.30. The zero-order valence-corrected chi connectivity index (χ0v) is 13.9. The molecule has 2 aromatic carbocycles. The van der Waals surface area contributed by atoms with E-state index in [9.17, 15) is 4.39 Å². The van der Waals surface area contributed by atoms with E-state index >= 15 is 0 Å². The average molecular weight is 363 g/mol. The molecule has 0 unspecified atom stereocenters. The van der Waals surface area contributed by atoms with Crippen molar-refractivity contribution in [1.29, 1.82) is 0 Å². The fourth-order valence-corrected chi connectivity index (χ4v) is 2.36. The Kier molecular flexibility index (Phi) is 5.02. The first-order valence-electron chi connectivity index (χ1n) is 6.97. The Morgan fingerprint density at radius 1 is 1.25 bits per heavy atom. The molecule has 0 aliphatic rings. The molecular weight excluding hydrogens is 351 g/mol. The molecule has 3 aromatic rings. The first kappa shape index (κ1) is 16.4. The number of nitrogens with zero attached hydrogens (tertiary/aromatic N) is 3. The Bertz CT molecular complexity index is 903. The van der Waals surface area contributed by atoms with Crippen LogP contribution in [-0.2, 0) is 6.61 Å². The molecule has 0 bridgehead atoms. The lowest BCUT2D eigenvalue weighted by Gasteiger charge is -2.05. The van der Waals surface area contributed by atoms with Gasteiger partial charge in [0.2, 0.25) is 4.77 Å². The van der Waals surface area contributed by atoms with Crippen LogP contribution in [-0.4, -0.2) is 21.1 Å². The molecule has 0 spiro atoms. The van der Waals surface area contributed by atoms with Gasteiger partial charge in [0, 0.05) is 5.56 Å². The van der Waals surface area contributed by atoms with Crippen molar-refractivity contribution in [2.24, 2.45) is 5.10 Å². The molecule has 0 amide bonds. The van der Waals surface area contributed by atoms with Gasteiger partial charge in [-0.2, -0.15) is 14.9 Å². The van der Waals surface area contributed by atoms with Gasteiger partial charge in [0.05, 0.1) is 11.2 Å². The zero-order chi connectivity index (χ0) is 16.9. The summed E-state index contributed by atoms with van der Waals surface area (Å²) in [7, 11) is 0. The maximum atomic E-state index is 13.8. The van der Waals surface area contributed by atoms with Gasteiger partial charge in [-0.15, -0.1) is 0 Å². The summed E-state index contributed by atoms with van der Waals surface area (Å²) in [4.78, 5) is 0. The summed E-state index contributed by atoms with van der Waals surface area (Å²) in [6.45, 7) is 0.152. The average Bonchev–Trinajstić information content (AvgIpc) is 2.94. The first-order chi connectivity index (χ1) is 11.6. The molecular formula is C16H12ClFN4OS. The van der Waals surface area contributed by atoms with Gasteiger partial charge in [-0.3, -0.25) is 0 Å². The van der Waals surface area contributed by atoms with E-state index in [2.05, 4.69) is 15.3 Å². The van der Waals surface area contributed by atoms with E-state index < -0.39 is 5.82 Å². The minimum Gasteiger partial charge on any atom is -0.486 e. The van der Waals surface area contributed by atoms with E-state index in [1.54, 1.807) is 6.07 Å². The minimum absolute atomic E-state index is 0.152. The number of hydrogen-bond donors (Lipinski definition) is 1. The molecule has 0 aliphatic heterocycles. The maximum absolute atomic E-state index is 13.8. The van der Waals surface area contributed by atoms with Crippen molar-refractivity contribution in [2.45, 2.75) is 6.61 Å². The highest BCUT2D eigenvalue weighted by Gasteiger charge is 2.08. The van der Waals surface area contributed by atoms with E-state index in [0.717, 1.165) is 0 Å². The van der Waals surface area contributed by atoms with Crippen LogP contribution in [0.3, 0.4) is 0 Å². The van der Waals surface area contributed by atoms with E-state index in [1.807, 2.05) is 30.3 Å². The van der Waals surface area contributed by atoms with Crippen molar-refractivity contribution in [2.75, 3.05) is 0 Å². The largest absolute Gasteiger partial charge is 0.486 e. The summed E-state index contributed by atoms with van der Waals surface area (Å²) < 4.78 is 21.0. The van der Waals surface area contributed by atoms with E-state index in [0.29, 0.717) is 11.6 Å². The normalized spacial score (nSPS) is 11.1. The number of nitrogens with one attached hydrogen (secondary N) is 1. The standard InChI is InChI=1S/C16H12ClFN4OS/c17-13-7-4-8-14(18)12(13)9-19-22-15(20-21-16(22)24)10-23-11-5-2-1-3-6-11/h1-9H,10H2,(H,21,24)/b19-9+. The van der Waals surface area contributed by atoms with Crippen LogP contribution < -0.4 is 4.74 Å². The molecule has 0 saturated carbocycles. The van der Waals surface area contributed by atoms with Crippen molar-refractivity contribution >= 4 is 30.0 Å². The predicted octanol–water partition coefficient (Wildman–Crippen LogP) is 4.19. The molecule has 1 aromatic heterocycles. The molecule has 24 heavy (non-hydrogen) atoms. The van der Waals surface area contributed by atoms with Gasteiger partial charge in [0.1, 0.15) is 18.2 Å². The third kappa shape index (κ3) is 3.69. The lowest BCUT2D eigenvalue weighted by molar-refractivity contribution is 0.290. The number of rotatable bonds is 5. The second-order valence-corrected chi connectivity index (χ2v) is 5.53. The van der Waals surface area contributed by atoms with Gasteiger partial charge in [0.15, 0.2) is 5.82 Å². The quantitative estimate of drug-likeness (QED) is 0.547. The van der Waals surface area contributed by atoms with Crippen molar-refractivity contribution in [3.05, 3.63) is 75.5 Å². The van der Waals surface area contributed by atoms with Crippen LogP contribution in [0.5, 0.6) is 5.75 Å². The number of benzene rings is 2. The Morgan fingerprint density at radius 2 is 2.04 bits per heavy atom. The maximum Gasteiger partial charge on any atom is 0.216 e. The van der Waals surface area contributed by atoms with Crippen molar-refractivity contribution in [1.82, 2.24) is 14.9 Å². The Labute approximate surface area is 147 Å². The smallest absolute Gasteiger partial charge is 0.216 e. The van der Waals surface area contributed by atoms with Gasteiger partial charge in [-0.05, 0) is 36.5 Å². The molecule has 5 nitrogen and oxygen atoms in total. The number of ether oxygens (including phenoxy) is 1. The summed E-state index contributed by atoms with van der Waals surface area (Å²) in [5.41, 5.74) is 0.178. The molecule has 0 aliphatic carbocycles. The van der Waals surface area contributed by atoms with Gasteiger partial charge in [-0.25, -0.2) is 9.49 Å². The third-order valence-electron chi connectivity index (χ3n) is 3.13. The third-order valence-corrected chi connectivity index (χ3v) is 3.72. The van der Waals surface area contributed by atoms with Crippen LogP contribution in [0.4, 0.5) is 4.39 Å². The Balaban J connectivity index is 1.83. The number of aromatic nitrogens is 3. The van der Waals surface area contributed by atoms with Gasteiger partial charge in [-0.1, -0.05) is 35.9 Å². The summed E-state index contributed by atoms with van der Waals surface area (Å²) in [5, 5.41) is 11.1. The fraction of sp³-hybridized carbons (Fsp3) is 0.0625. The van der Waals surface area contributed by atoms with Crippen LogP contribution in [0.25, 0.3) is 0 Å². The summed E-state index contributed by atoms with van der Waals surface area (Å²) in [6, 6.07) is 13.7. The molecule has 3 rings (SSSR count). The molecule has 0 atom stereocenters. The van der Waals surface area contributed by atoms with Crippen molar-refractivity contribution in [3.8, 4) is 5.75 Å². The van der Waals surface area contributed by atoms with Crippen LogP contribution in [0.15, 0.2) is 53.6 Å². The second-order valence-electron chi connectivity index (χ2n) is 4.74. The number of aromatic amines is 1. The number of para-hydroxylation sites is 1. The SMILES string of the molecule is Fc1cccc(Cl)c1/C=N/n1c(COc2ccccc2)n[nH]c1=S. The highest BCUT2D eigenvalue weighted by molar-refractivity contribution is 7.71. The Hall–Kier alpha value is -2.51. The molecule has 0 radical (unpaired) electrons. The topological polar surface area (TPSA) is 55.2 Å². The molecule has 0 fully saturated rings. The fourth-order valence-electron chi connectivity index (χ4n) is 1.95. The molecule has 1 heterocycles.